The van der Waals surface area contributed by atoms with Crippen molar-refractivity contribution in [3.05, 3.63) is 58.1 Å². The Labute approximate surface area is 131 Å². The Morgan fingerprint density at radius 2 is 2.10 bits per heavy atom. The second kappa shape index (κ2) is 6.91. The summed E-state index contributed by atoms with van der Waals surface area (Å²) in [6.45, 7) is 1.82. The minimum atomic E-state index is -0.285. The Bertz CT molecular complexity index is 708. The van der Waals surface area contributed by atoms with Crippen LogP contribution in [0.3, 0.4) is 0 Å². The summed E-state index contributed by atoms with van der Waals surface area (Å²) < 4.78 is 6.19. The topological polar surface area (TPSA) is 62.1 Å². The maximum Gasteiger partial charge on any atom is 0.262 e. The van der Waals surface area contributed by atoms with E-state index < -0.39 is 0 Å². The Kier molecular flexibility index (Phi) is 4.96. The van der Waals surface area contributed by atoms with E-state index in [0.29, 0.717) is 17.0 Å². The molecule has 2 aromatic carbocycles. The molecule has 5 heteroatoms. The molecular weight excluding hydrogens is 332 g/mol. The maximum atomic E-state index is 11.9. The van der Waals surface area contributed by atoms with E-state index in [9.17, 15) is 4.79 Å². The smallest absolute Gasteiger partial charge is 0.262 e. The fraction of sp³-hybridized carbons (Fsp3) is 0.125. The minimum Gasteiger partial charge on any atom is -0.482 e. The van der Waals surface area contributed by atoms with Crippen LogP contribution >= 0.6 is 15.9 Å². The number of hydrogen-bond donors (Lipinski definition) is 1. The molecule has 0 atom stereocenters. The number of aryl methyl sites for hydroxylation is 1. The van der Waals surface area contributed by atoms with Gasteiger partial charge in [0.25, 0.3) is 5.91 Å². The quantitative estimate of drug-likeness (QED) is 0.920. The molecule has 0 fully saturated rings. The first-order valence-electron chi connectivity index (χ1n) is 6.28. The zero-order valence-corrected chi connectivity index (χ0v) is 13.0. The van der Waals surface area contributed by atoms with Crippen molar-refractivity contribution < 1.29 is 9.53 Å². The molecule has 0 aliphatic rings. The lowest BCUT2D eigenvalue weighted by molar-refractivity contribution is -0.118. The van der Waals surface area contributed by atoms with Crippen LogP contribution in [0.1, 0.15) is 11.1 Å². The van der Waals surface area contributed by atoms with Crippen LogP contribution in [-0.4, -0.2) is 12.5 Å². The predicted octanol–water partition coefficient (Wildman–Crippen LogP) is 3.65. The molecule has 0 bridgehead atoms. The van der Waals surface area contributed by atoms with Gasteiger partial charge < -0.3 is 10.1 Å². The number of para-hydroxylation sites is 1. The monoisotopic (exact) mass is 344 g/mol. The molecule has 0 spiro atoms. The molecule has 0 saturated carbocycles. The van der Waals surface area contributed by atoms with Gasteiger partial charge in [0.05, 0.1) is 11.3 Å². The highest BCUT2D eigenvalue weighted by atomic mass is 79.9. The number of halogens is 1. The third-order valence-electron chi connectivity index (χ3n) is 2.76. The Morgan fingerprint density at radius 1 is 1.33 bits per heavy atom. The van der Waals surface area contributed by atoms with Gasteiger partial charge in [-0.05, 0) is 52.7 Å². The van der Waals surface area contributed by atoms with E-state index in [4.69, 9.17) is 10.00 Å². The number of ether oxygens (including phenoxy) is 1. The number of hydrogen-bond acceptors (Lipinski definition) is 3. The van der Waals surface area contributed by atoms with Crippen molar-refractivity contribution in [2.45, 2.75) is 6.92 Å². The van der Waals surface area contributed by atoms with Gasteiger partial charge in [0, 0.05) is 4.47 Å². The molecule has 0 aliphatic heterocycles. The van der Waals surface area contributed by atoms with E-state index in [-0.39, 0.29) is 12.5 Å². The molecule has 4 nitrogen and oxygen atoms in total. The van der Waals surface area contributed by atoms with Crippen molar-refractivity contribution >= 4 is 27.5 Å². The number of benzene rings is 2. The van der Waals surface area contributed by atoms with Crippen molar-refractivity contribution in [2.24, 2.45) is 0 Å². The van der Waals surface area contributed by atoms with Crippen LogP contribution in [-0.2, 0) is 4.79 Å². The molecular formula is C16H13BrN2O2. The average molecular weight is 345 g/mol. The first-order chi connectivity index (χ1) is 10.1. The maximum absolute atomic E-state index is 11.9. The number of carbonyl (C=O) groups excluding carboxylic acids is 1. The number of amides is 1. The van der Waals surface area contributed by atoms with Crippen LogP contribution in [0.25, 0.3) is 0 Å². The normalized spacial score (nSPS) is 9.76. The largest absolute Gasteiger partial charge is 0.482 e. The van der Waals surface area contributed by atoms with Crippen molar-refractivity contribution in [1.29, 1.82) is 5.26 Å². The highest BCUT2D eigenvalue weighted by Gasteiger charge is 2.08. The van der Waals surface area contributed by atoms with Gasteiger partial charge in [0.1, 0.15) is 11.8 Å². The number of nitrogens with one attached hydrogen (secondary N) is 1. The van der Waals surface area contributed by atoms with Gasteiger partial charge in [0.15, 0.2) is 6.61 Å². The van der Waals surface area contributed by atoms with Gasteiger partial charge in [-0.1, -0.05) is 18.2 Å². The van der Waals surface area contributed by atoms with Crippen LogP contribution in [0, 0.1) is 18.3 Å². The molecule has 1 amide bonds. The molecule has 0 aromatic heterocycles. The molecule has 0 aliphatic carbocycles. The summed E-state index contributed by atoms with van der Waals surface area (Å²) in [4.78, 5) is 11.9. The van der Waals surface area contributed by atoms with Crippen LogP contribution in [0.5, 0.6) is 5.75 Å². The minimum absolute atomic E-state index is 0.154. The van der Waals surface area contributed by atoms with Gasteiger partial charge >= 0.3 is 0 Å². The van der Waals surface area contributed by atoms with E-state index in [1.165, 1.54) is 0 Å². The van der Waals surface area contributed by atoms with Gasteiger partial charge in [-0.15, -0.1) is 0 Å². The van der Waals surface area contributed by atoms with E-state index >= 15 is 0 Å². The summed E-state index contributed by atoms with van der Waals surface area (Å²) in [6.07, 6.45) is 0. The number of rotatable bonds is 4. The van der Waals surface area contributed by atoms with Crippen LogP contribution in [0.2, 0.25) is 0 Å². The van der Waals surface area contributed by atoms with E-state index in [1.54, 1.807) is 24.3 Å². The molecule has 106 valence electrons. The lowest BCUT2D eigenvalue weighted by Crippen LogP contribution is -2.20. The third kappa shape index (κ3) is 4.07. The molecule has 0 unspecified atom stereocenters. The summed E-state index contributed by atoms with van der Waals surface area (Å²) in [6, 6.07) is 14.5. The second-order valence-corrected chi connectivity index (χ2v) is 5.28. The molecule has 2 aromatic rings. The Balaban J connectivity index is 1.98. The van der Waals surface area contributed by atoms with Gasteiger partial charge in [0.2, 0.25) is 0 Å². The van der Waals surface area contributed by atoms with Crippen molar-refractivity contribution in [2.75, 3.05) is 11.9 Å². The van der Waals surface area contributed by atoms with Crippen molar-refractivity contribution in [3.63, 3.8) is 0 Å². The zero-order chi connectivity index (χ0) is 15.2. The molecule has 21 heavy (non-hydrogen) atoms. The fourth-order valence-electron chi connectivity index (χ4n) is 1.74. The third-order valence-corrected chi connectivity index (χ3v) is 3.42. The number of nitriles is 1. The Morgan fingerprint density at radius 3 is 2.81 bits per heavy atom. The SMILES string of the molecule is Cc1ccc(NC(=O)COc2ccccc2C#N)c(Br)c1. The van der Waals surface area contributed by atoms with E-state index in [1.807, 2.05) is 31.2 Å². The van der Waals surface area contributed by atoms with E-state index in [2.05, 4.69) is 21.2 Å². The van der Waals surface area contributed by atoms with Gasteiger partial charge in [-0.25, -0.2) is 0 Å². The highest BCUT2D eigenvalue weighted by Crippen LogP contribution is 2.23. The molecule has 2 rings (SSSR count). The van der Waals surface area contributed by atoms with Crippen molar-refractivity contribution in [1.82, 2.24) is 0 Å². The first kappa shape index (κ1) is 15.1. The molecule has 0 saturated heterocycles. The van der Waals surface area contributed by atoms with Gasteiger partial charge in [-0.3, -0.25) is 4.79 Å². The number of anilines is 1. The summed E-state index contributed by atoms with van der Waals surface area (Å²) in [5.74, 6) is 0.116. The first-order valence-corrected chi connectivity index (χ1v) is 7.07. The lowest BCUT2D eigenvalue weighted by atomic mass is 10.2. The summed E-state index contributed by atoms with van der Waals surface area (Å²) in [5.41, 5.74) is 2.18. The summed E-state index contributed by atoms with van der Waals surface area (Å²) in [7, 11) is 0. The average Bonchev–Trinajstić information content (AvgIpc) is 2.48. The van der Waals surface area contributed by atoms with Crippen LogP contribution in [0.4, 0.5) is 5.69 Å². The number of nitrogens with zero attached hydrogens (tertiary/aromatic N) is 1. The van der Waals surface area contributed by atoms with Gasteiger partial charge in [-0.2, -0.15) is 5.26 Å². The lowest BCUT2D eigenvalue weighted by Gasteiger charge is -2.10. The standard InChI is InChI=1S/C16H13BrN2O2/c1-11-6-7-14(13(17)8-11)19-16(20)10-21-15-5-3-2-4-12(15)9-18/h2-8H,10H2,1H3,(H,19,20). The molecule has 0 radical (unpaired) electrons. The van der Waals surface area contributed by atoms with Crippen LogP contribution in [0.15, 0.2) is 46.9 Å². The predicted molar refractivity (Wildman–Crippen MR) is 84.2 cm³/mol. The second-order valence-electron chi connectivity index (χ2n) is 4.43. The fourth-order valence-corrected chi connectivity index (χ4v) is 2.33. The summed E-state index contributed by atoms with van der Waals surface area (Å²) in [5, 5.41) is 11.7. The van der Waals surface area contributed by atoms with Crippen LogP contribution < -0.4 is 10.1 Å². The zero-order valence-electron chi connectivity index (χ0n) is 11.4. The van der Waals surface area contributed by atoms with E-state index in [0.717, 1.165) is 10.0 Å². The highest BCUT2D eigenvalue weighted by molar-refractivity contribution is 9.10. The Hall–Kier alpha value is -2.32. The van der Waals surface area contributed by atoms with Crippen molar-refractivity contribution in [3.8, 4) is 11.8 Å². The number of carbonyl (C=O) groups is 1. The molecule has 0 heterocycles. The summed E-state index contributed by atoms with van der Waals surface area (Å²) >= 11 is 3.40. The molecule has 1 N–H and O–H groups in total.